The second-order valence-electron chi connectivity index (χ2n) is 3.21. The lowest BCUT2D eigenvalue weighted by Crippen LogP contribution is -1.94. The highest BCUT2D eigenvalue weighted by Gasteiger charge is 1.92. The normalized spacial score (nSPS) is 15.1. The Bertz CT molecular complexity index is 114. The second-order valence-corrected chi connectivity index (χ2v) is 3.21. The number of hydrogen-bond donors (Lipinski definition) is 1. The smallest absolute Gasteiger partial charge is 0.0695 e. The summed E-state index contributed by atoms with van der Waals surface area (Å²) < 4.78 is 0. The van der Waals surface area contributed by atoms with Gasteiger partial charge in [-0.2, -0.15) is 0 Å². The van der Waals surface area contributed by atoms with Gasteiger partial charge in [-0.3, -0.25) is 0 Å². The molecule has 1 heteroatoms. The van der Waals surface area contributed by atoms with E-state index < -0.39 is 0 Å². The molecule has 0 radical (unpaired) electrons. The Kier molecular flexibility index (Phi) is 6.24. The molecule has 11 heavy (non-hydrogen) atoms. The fraction of sp³-hybridized carbons (Fsp3) is 0.800. The summed E-state index contributed by atoms with van der Waals surface area (Å²) in [6, 6.07) is 0. The lowest BCUT2D eigenvalue weighted by molar-refractivity contribution is 0.243. The summed E-state index contributed by atoms with van der Waals surface area (Å²) in [7, 11) is 0. The molecule has 1 atom stereocenters. The van der Waals surface area contributed by atoms with Crippen LogP contribution in [0.1, 0.15) is 46.5 Å². The highest BCUT2D eigenvalue weighted by molar-refractivity contribution is 5.00. The van der Waals surface area contributed by atoms with Crippen LogP contribution in [0.15, 0.2) is 11.6 Å². The van der Waals surface area contributed by atoms with Gasteiger partial charge in [0.2, 0.25) is 0 Å². The van der Waals surface area contributed by atoms with Gasteiger partial charge in [-0.05, 0) is 26.7 Å². The summed E-state index contributed by atoms with van der Waals surface area (Å²) in [6.45, 7) is 6.08. The quantitative estimate of drug-likeness (QED) is 0.479. The number of aliphatic hydroxyl groups excluding tert-OH is 1. The van der Waals surface area contributed by atoms with Gasteiger partial charge >= 0.3 is 0 Å². The van der Waals surface area contributed by atoms with E-state index in [2.05, 4.69) is 13.8 Å². The third kappa shape index (κ3) is 7.60. The minimum atomic E-state index is -0.281. The van der Waals surface area contributed by atoms with E-state index in [1.807, 2.05) is 6.08 Å². The first-order valence-corrected chi connectivity index (χ1v) is 4.52. The van der Waals surface area contributed by atoms with Crippen molar-refractivity contribution in [3.63, 3.8) is 0 Å². The molecule has 0 rings (SSSR count). The predicted octanol–water partition coefficient (Wildman–Crippen LogP) is 2.89. The molecule has 0 aliphatic rings. The van der Waals surface area contributed by atoms with Crippen molar-refractivity contribution in [1.82, 2.24) is 0 Å². The molecule has 0 amide bonds. The number of aliphatic hydroxyl groups is 1. The molecule has 0 heterocycles. The van der Waals surface area contributed by atoms with Crippen molar-refractivity contribution in [3.05, 3.63) is 11.6 Å². The van der Waals surface area contributed by atoms with Crippen molar-refractivity contribution >= 4 is 0 Å². The maximum Gasteiger partial charge on any atom is 0.0695 e. The van der Waals surface area contributed by atoms with E-state index in [1.165, 1.54) is 24.8 Å². The zero-order valence-corrected chi connectivity index (χ0v) is 7.93. The molecular formula is C10H20O. The molecule has 1 N–H and O–H groups in total. The van der Waals surface area contributed by atoms with E-state index >= 15 is 0 Å². The molecule has 1 nitrogen and oxygen atoms in total. The minimum absolute atomic E-state index is 0.281. The zero-order chi connectivity index (χ0) is 8.69. The first-order valence-electron chi connectivity index (χ1n) is 4.52. The van der Waals surface area contributed by atoms with Crippen LogP contribution in [0.25, 0.3) is 0 Å². The van der Waals surface area contributed by atoms with Crippen LogP contribution in [0.4, 0.5) is 0 Å². The largest absolute Gasteiger partial charge is 0.389 e. The molecule has 0 aliphatic carbocycles. The molecule has 0 aliphatic heterocycles. The summed E-state index contributed by atoms with van der Waals surface area (Å²) in [5.74, 6) is 0. The Balaban J connectivity index is 3.43. The number of allylic oxidation sites excluding steroid dienone is 1. The molecule has 0 aromatic rings. The van der Waals surface area contributed by atoms with Gasteiger partial charge in [-0.1, -0.05) is 31.4 Å². The molecule has 0 bridgehead atoms. The van der Waals surface area contributed by atoms with Gasteiger partial charge in [0.1, 0.15) is 0 Å². The summed E-state index contributed by atoms with van der Waals surface area (Å²) >= 11 is 0. The van der Waals surface area contributed by atoms with Crippen molar-refractivity contribution in [3.8, 4) is 0 Å². The SMILES string of the molecule is CCCCC/C(C)=C\C(C)O. The molecule has 0 saturated carbocycles. The molecule has 0 aromatic carbocycles. The molecule has 0 fully saturated rings. The van der Waals surface area contributed by atoms with Crippen molar-refractivity contribution in [2.45, 2.75) is 52.6 Å². The molecule has 1 unspecified atom stereocenters. The Labute approximate surface area is 70.1 Å². The third-order valence-electron chi connectivity index (χ3n) is 1.70. The van der Waals surface area contributed by atoms with E-state index in [-0.39, 0.29) is 6.10 Å². The maximum absolute atomic E-state index is 9.00. The lowest BCUT2D eigenvalue weighted by atomic mass is 10.1. The highest BCUT2D eigenvalue weighted by atomic mass is 16.3. The Morgan fingerprint density at radius 3 is 2.55 bits per heavy atom. The number of rotatable bonds is 5. The fourth-order valence-electron chi connectivity index (χ4n) is 1.15. The number of hydrogen-bond acceptors (Lipinski definition) is 1. The van der Waals surface area contributed by atoms with E-state index in [9.17, 15) is 0 Å². The van der Waals surface area contributed by atoms with Crippen LogP contribution in [0.5, 0.6) is 0 Å². The van der Waals surface area contributed by atoms with Crippen LogP contribution in [-0.2, 0) is 0 Å². The first-order chi connectivity index (χ1) is 5.16. The summed E-state index contributed by atoms with van der Waals surface area (Å²) in [5, 5.41) is 9.00. The van der Waals surface area contributed by atoms with Crippen LogP contribution < -0.4 is 0 Å². The summed E-state index contributed by atoms with van der Waals surface area (Å²) in [6.07, 6.45) is 6.60. The van der Waals surface area contributed by atoms with E-state index in [1.54, 1.807) is 6.92 Å². The van der Waals surface area contributed by atoms with Gasteiger partial charge in [0, 0.05) is 0 Å². The Hall–Kier alpha value is -0.300. The fourth-order valence-corrected chi connectivity index (χ4v) is 1.15. The molecule has 66 valence electrons. The lowest BCUT2D eigenvalue weighted by Gasteiger charge is -2.01. The van der Waals surface area contributed by atoms with E-state index in [0.717, 1.165) is 6.42 Å². The Morgan fingerprint density at radius 2 is 2.09 bits per heavy atom. The van der Waals surface area contributed by atoms with Gasteiger partial charge < -0.3 is 5.11 Å². The molecule has 0 saturated heterocycles. The van der Waals surface area contributed by atoms with Gasteiger partial charge in [0.05, 0.1) is 6.10 Å². The van der Waals surface area contributed by atoms with Gasteiger partial charge in [0.25, 0.3) is 0 Å². The molecular weight excluding hydrogens is 136 g/mol. The molecule has 0 aromatic heterocycles. The van der Waals surface area contributed by atoms with Gasteiger partial charge in [-0.15, -0.1) is 0 Å². The average Bonchev–Trinajstić information content (AvgIpc) is 1.86. The Morgan fingerprint density at radius 1 is 1.45 bits per heavy atom. The van der Waals surface area contributed by atoms with Crippen LogP contribution in [0.2, 0.25) is 0 Å². The molecule has 0 spiro atoms. The maximum atomic E-state index is 9.00. The highest BCUT2D eigenvalue weighted by Crippen LogP contribution is 2.08. The van der Waals surface area contributed by atoms with E-state index in [4.69, 9.17) is 5.11 Å². The summed E-state index contributed by atoms with van der Waals surface area (Å²) in [5.41, 5.74) is 1.31. The second kappa shape index (κ2) is 6.41. The predicted molar refractivity (Wildman–Crippen MR) is 49.6 cm³/mol. The van der Waals surface area contributed by atoms with Crippen LogP contribution in [-0.4, -0.2) is 11.2 Å². The van der Waals surface area contributed by atoms with Crippen LogP contribution in [0, 0.1) is 0 Å². The van der Waals surface area contributed by atoms with Gasteiger partial charge in [0.15, 0.2) is 0 Å². The van der Waals surface area contributed by atoms with E-state index in [0.29, 0.717) is 0 Å². The third-order valence-corrected chi connectivity index (χ3v) is 1.70. The first kappa shape index (κ1) is 10.7. The van der Waals surface area contributed by atoms with Crippen molar-refractivity contribution < 1.29 is 5.11 Å². The van der Waals surface area contributed by atoms with Crippen LogP contribution >= 0.6 is 0 Å². The van der Waals surface area contributed by atoms with Crippen molar-refractivity contribution in [2.24, 2.45) is 0 Å². The average molecular weight is 156 g/mol. The van der Waals surface area contributed by atoms with Gasteiger partial charge in [-0.25, -0.2) is 0 Å². The summed E-state index contributed by atoms with van der Waals surface area (Å²) in [4.78, 5) is 0. The van der Waals surface area contributed by atoms with Crippen LogP contribution in [0.3, 0.4) is 0 Å². The standard InChI is InChI=1S/C10H20O/c1-4-5-6-7-9(2)8-10(3)11/h8,10-11H,4-7H2,1-3H3/b9-8-. The van der Waals surface area contributed by atoms with Crippen molar-refractivity contribution in [2.75, 3.05) is 0 Å². The zero-order valence-electron chi connectivity index (χ0n) is 7.93. The minimum Gasteiger partial charge on any atom is -0.389 e. The topological polar surface area (TPSA) is 20.2 Å². The monoisotopic (exact) mass is 156 g/mol. The number of unbranched alkanes of at least 4 members (excludes halogenated alkanes) is 2. The van der Waals surface area contributed by atoms with Crippen molar-refractivity contribution in [1.29, 1.82) is 0 Å².